The number of carbonyl (C=O) groups is 8. The zero-order valence-corrected chi connectivity index (χ0v) is 62.0. The molecule has 2 aliphatic heterocycles. The van der Waals surface area contributed by atoms with E-state index in [1.54, 1.807) is 108 Å². The third kappa shape index (κ3) is 20.1. The predicted molar refractivity (Wildman–Crippen MR) is 409 cm³/mol. The van der Waals surface area contributed by atoms with Crippen molar-refractivity contribution in [2.45, 2.75) is 94.8 Å². The molecule has 30 heteroatoms. The maximum Gasteiger partial charge on any atom is 0.407 e. The smallest absolute Gasteiger partial charge is 0.407 e. The van der Waals surface area contributed by atoms with E-state index in [9.17, 15) is 38.4 Å². The maximum atomic E-state index is 13.9. The van der Waals surface area contributed by atoms with E-state index in [4.69, 9.17) is 9.47 Å². The second-order valence-electron chi connectivity index (χ2n) is 26.0. The minimum atomic E-state index is -0.954. The number of methoxy groups -OCH3 is 4. The number of nitrogens with zero attached hydrogens (tertiary/aromatic N) is 8. The van der Waals surface area contributed by atoms with Crippen molar-refractivity contribution in [1.82, 2.24) is 91.8 Å². The van der Waals surface area contributed by atoms with E-state index in [-0.39, 0.29) is 35.8 Å². The number of imidazole rings is 4. The summed E-state index contributed by atoms with van der Waals surface area (Å²) in [4.78, 5) is 135. The SMILES string of the molecule is COC(=O)N[C@@H](C(=O)N1CCC[C@H]1c1ncc[nH]1)c1ccccc1.COC(=O)N[C@@H](C(=O)N[C@@H](C)c1ncc(-c2ccc(-c3ccc(-c4cnc([C@@H]5CCCN5C(=O)[C@H](NC(=O)OC)c5ccccc5)[nH]4)nn3)cc2)[nH]1)c1ccccc1.COC(=O)N[C@@H](C(=O)N[C@@H](C)c1ncc(-c2ccc(C)cc2)[nH]1)c1ccccc1. The molecule has 0 aliphatic carbocycles. The van der Waals surface area contributed by atoms with Gasteiger partial charge in [-0.3, -0.25) is 19.2 Å². The van der Waals surface area contributed by atoms with Crippen molar-refractivity contribution in [3.8, 4) is 45.2 Å². The fraction of sp³-hybridized carbons (Fsp3) is 0.259. The summed E-state index contributed by atoms with van der Waals surface area (Å²) in [5, 5.41) is 25.2. The van der Waals surface area contributed by atoms with E-state index >= 15 is 0 Å². The molecule has 2 saturated heterocycles. The molecule has 30 nitrogen and oxygen atoms in total. The van der Waals surface area contributed by atoms with Gasteiger partial charge in [0.15, 0.2) is 0 Å². The molecular formula is C81H86N18O12. The Morgan fingerprint density at radius 3 is 1.17 bits per heavy atom. The maximum absolute atomic E-state index is 13.9. The first kappa shape index (κ1) is 78.3. The van der Waals surface area contributed by atoms with E-state index in [2.05, 4.69) is 91.4 Å². The Balaban J connectivity index is 0.000000190. The van der Waals surface area contributed by atoms with Crippen molar-refractivity contribution < 1.29 is 57.3 Å². The highest BCUT2D eigenvalue weighted by Crippen LogP contribution is 2.36. The minimum Gasteiger partial charge on any atom is -0.453 e. The van der Waals surface area contributed by atoms with Crippen LogP contribution in [0.5, 0.6) is 0 Å². The molecule has 10 N–H and O–H groups in total. The van der Waals surface area contributed by atoms with Gasteiger partial charge in [0.05, 0.1) is 94.0 Å². The van der Waals surface area contributed by atoms with Crippen LogP contribution in [0.25, 0.3) is 45.2 Å². The van der Waals surface area contributed by atoms with Crippen LogP contribution in [-0.4, -0.2) is 149 Å². The number of hydrogen-bond donors (Lipinski definition) is 10. The van der Waals surface area contributed by atoms with Gasteiger partial charge in [-0.15, -0.1) is 10.2 Å². The van der Waals surface area contributed by atoms with Gasteiger partial charge in [-0.1, -0.05) is 175 Å². The van der Waals surface area contributed by atoms with Crippen molar-refractivity contribution in [2.24, 2.45) is 0 Å². The van der Waals surface area contributed by atoms with E-state index in [1.165, 1.54) is 34.0 Å². The number of nitrogens with one attached hydrogen (secondary N) is 10. The largest absolute Gasteiger partial charge is 0.453 e. The van der Waals surface area contributed by atoms with Crippen molar-refractivity contribution >= 4 is 48.0 Å². The average Bonchev–Trinajstić information content (AvgIpc) is 1.76. The van der Waals surface area contributed by atoms with Gasteiger partial charge >= 0.3 is 24.4 Å². The minimum absolute atomic E-state index is 0.0989. The first-order valence-electron chi connectivity index (χ1n) is 35.9. The molecule has 2 aliphatic rings. The quantitative estimate of drug-likeness (QED) is 0.0282. The summed E-state index contributed by atoms with van der Waals surface area (Å²) < 4.78 is 18.9. The number of ether oxygens (including phenoxy) is 4. The van der Waals surface area contributed by atoms with Crippen LogP contribution in [0.4, 0.5) is 19.2 Å². The standard InChI is InChI=1S/C42H42N10O6.C22H24N4O3.C17H20N4O3/c1-25(45-39(53)35(48-41(55)57-2)28-11-6-4-7-12-28)37-43-23-32(46-37)27-18-16-26(17-19-27)30-20-21-31(51-50-30)33-24-44-38(47-33)34-15-10-22-52(34)40(54)36(49-42(56)58-3)29-13-8-5-9-14-29;1-14-9-11-16(12-10-14)18-13-23-20(25-18)15(2)24-21(27)19(26-22(28)29-3)17-7-5-4-6-8-17;1-24-17(23)20-14(12-6-3-2-4-7-12)16(22)21-11-5-8-13(21)15-18-9-10-19-15/h4-9,11-14,16-21,23-25,34-36H,10,15,22H2,1-3H3,(H,43,46)(H,44,47)(H,45,53)(H,48,55)(H,49,56);4-13,15,19H,1-3H3,(H,23,25)(H,24,27)(H,26,28);2-4,6-7,9-10,13-14H,5,8,11H2,1H3,(H,18,19)(H,20,23)/t25-,34-,35+,36+;15-,19+;13-,14+/m000/s1. The number of amides is 8. The van der Waals surface area contributed by atoms with E-state index in [0.717, 1.165) is 58.7 Å². The fourth-order valence-corrected chi connectivity index (χ4v) is 12.8. The summed E-state index contributed by atoms with van der Waals surface area (Å²) in [7, 11) is 5.04. The van der Waals surface area contributed by atoms with Crippen LogP contribution in [-0.2, 0) is 38.1 Å². The number of carbonyl (C=O) groups excluding carboxylic acids is 8. The van der Waals surface area contributed by atoms with Gasteiger partial charge in [0.25, 0.3) is 11.8 Å². The molecule has 111 heavy (non-hydrogen) atoms. The number of rotatable bonds is 22. The fourth-order valence-electron chi connectivity index (χ4n) is 12.8. The second kappa shape index (κ2) is 37.6. The molecule has 0 spiro atoms. The third-order valence-electron chi connectivity index (χ3n) is 18.7. The lowest BCUT2D eigenvalue weighted by Crippen LogP contribution is -2.42. The zero-order chi connectivity index (χ0) is 78.3. The van der Waals surface area contributed by atoms with Crippen molar-refractivity contribution in [1.29, 1.82) is 0 Å². The molecular weight excluding hydrogens is 1420 g/mol. The summed E-state index contributed by atoms with van der Waals surface area (Å²) in [6.45, 7) is 6.82. The van der Waals surface area contributed by atoms with Crippen LogP contribution in [0.1, 0.15) is 139 Å². The number of aromatic amines is 4. The van der Waals surface area contributed by atoms with Gasteiger partial charge < -0.3 is 80.6 Å². The Hall–Kier alpha value is -13.8. The molecule has 0 bridgehead atoms. The average molecular weight is 1500 g/mol. The first-order valence-corrected chi connectivity index (χ1v) is 35.9. The molecule has 572 valence electrons. The molecule has 8 atom stereocenters. The topological polar surface area (TPSA) is 393 Å². The Labute approximate surface area is 639 Å². The van der Waals surface area contributed by atoms with Crippen LogP contribution in [0.2, 0.25) is 0 Å². The molecule has 5 aromatic heterocycles. The van der Waals surface area contributed by atoms with Crippen molar-refractivity contribution in [3.63, 3.8) is 0 Å². The summed E-state index contributed by atoms with van der Waals surface area (Å²) in [5.74, 6) is 1.38. The molecule has 0 radical (unpaired) electrons. The summed E-state index contributed by atoms with van der Waals surface area (Å²) in [6.07, 6.45) is 9.06. The van der Waals surface area contributed by atoms with Gasteiger partial charge in [-0.25, -0.2) is 39.1 Å². The number of benzene rings is 6. The second-order valence-corrected chi connectivity index (χ2v) is 26.0. The van der Waals surface area contributed by atoms with Gasteiger partial charge in [-0.05, 0) is 92.0 Å². The third-order valence-corrected chi connectivity index (χ3v) is 18.7. The molecule has 13 rings (SSSR count). The van der Waals surface area contributed by atoms with Gasteiger partial charge in [0, 0.05) is 31.0 Å². The monoisotopic (exact) mass is 1500 g/mol. The number of H-pyrrole nitrogens is 4. The summed E-state index contributed by atoms with van der Waals surface area (Å²) in [6, 6.07) is 50.9. The van der Waals surface area contributed by atoms with Crippen molar-refractivity contribution in [2.75, 3.05) is 41.5 Å². The molecule has 0 saturated carbocycles. The molecule has 7 heterocycles. The lowest BCUT2D eigenvalue weighted by Gasteiger charge is -2.28. The van der Waals surface area contributed by atoms with E-state index < -0.39 is 60.5 Å². The highest BCUT2D eigenvalue weighted by atomic mass is 16.5. The first-order chi connectivity index (χ1) is 53.9. The molecule has 0 unspecified atom stereocenters. The Kier molecular flexibility index (Phi) is 26.5. The van der Waals surface area contributed by atoms with Crippen LogP contribution in [0.15, 0.2) is 213 Å². The lowest BCUT2D eigenvalue weighted by atomic mass is 10.1. The molecule has 2 fully saturated rings. The number of alkyl carbamates (subject to hydrolysis) is 4. The van der Waals surface area contributed by atoms with Gasteiger partial charge in [0.1, 0.15) is 53.2 Å². The Morgan fingerprint density at radius 2 is 0.775 bits per heavy atom. The Bertz CT molecular complexity index is 4900. The van der Waals surface area contributed by atoms with Gasteiger partial charge in [0.2, 0.25) is 11.8 Å². The van der Waals surface area contributed by atoms with Crippen LogP contribution in [0.3, 0.4) is 0 Å². The number of aromatic nitrogens is 10. The summed E-state index contributed by atoms with van der Waals surface area (Å²) in [5.41, 5.74) is 10.1. The number of aryl methyl sites for hydroxylation is 1. The van der Waals surface area contributed by atoms with Crippen LogP contribution in [0, 0.1) is 6.92 Å². The van der Waals surface area contributed by atoms with Crippen LogP contribution >= 0.6 is 0 Å². The lowest BCUT2D eigenvalue weighted by molar-refractivity contribution is -0.135. The molecule has 6 aromatic carbocycles. The summed E-state index contributed by atoms with van der Waals surface area (Å²) >= 11 is 0. The van der Waals surface area contributed by atoms with Crippen LogP contribution < -0.4 is 31.9 Å². The molecule has 11 aromatic rings. The highest BCUT2D eigenvalue weighted by Gasteiger charge is 2.39. The normalized spacial score (nSPS) is 15.2. The van der Waals surface area contributed by atoms with E-state index in [0.29, 0.717) is 70.8 Å². The zero-order valence-electron chi connectivity index (χ0n) is 62.0. The number of hydrogen-bond acceptors (Lipinski definition) is 18. The predicted octanol–water partition coefficient (Wildman–Crippen LogP) is 11.8. The van der Waals surface area contributed by atoms with Crippen molar-refractivity contribution in [3.05, 3.63) is 264 Å². The van der Waals surface area contributed by atoms with E-state index in [1.807, 2.05) is 135 Å². The van der Waals surface area contributed by atoms with Gasteiger partial charge in [-0.2, -0.15) is 0 Å². The number of likely N-dealkylation sites (tertiary alicyclic amines) is 2. The Morgan fingerprint density at radius 1 is 0.405 bits per heavy atom. The highest BCUT2D eigenvalue weighted by molar-refractivity contribution is 5.90. The molecule has 8 amide bonds.